The van der Waals surface area contributed by atoms with Gasteiger partial charge in [-0.25, -0.2) is 8.42 Å². The van der Waals surface area contributed by atoms with Gasteiger partial charge in [0.05, 0.1) is 10.6 Å². The molecule has 1 saturated heterocycles. The molecular formula is C17H17N5O3S2. The zero-order valence-corrected chi connectivity index (χ0v) is 16.0. The third kappa shape index (κ3) is 4.57. The van der Waals surface area contributed by atoms with Crippen molar-refractivity contribution in [3.05, 3.63) is 40.9 Å². The summed E-state index contributed by atoms with van der Waals surface area (Å²) in [6.45, 7) is 1.00. The van der Waals surface area contributed by atoms with Crippen molar-refractivity contribution in [1.82, 2.24) is 13.9 Å². The van der Waals surface area contributed by atoms with Crippen LogP contribution in [0.25, 0.3) is 6.08 Å². The number of nitriles is 1. The molecule has 0 spiro atoms. The minimum atomic E-state index is -3.60. The second-order valence-electron chi connectivity index (χ2n) is 5.95. The van der Waals surface area contributed by atoms with Gasteiger partial charge in [-0.3, -0.25) is 4.79 Å². The number of carbonyl (C=O) groups is 1. The molecule has 1 N–H and O–H groups in total. The summed E-state index contributed by atoms with van der Waals surface area (Å²) in [4.78, 5) is 12.4. The number of nitrogens with zero attached hydrogens (tertiary/aromatic N) is 4. The Hall–Kier alpha value is -2.61. The Labute approximate surface area is 161 Å². The Morgan fingerprint density at radius 1 is 1.30 bits per heavy atom. The van der Waals surface area contributed by atoms with Gasteiger partial charge in [-0.2, -0.15) is 9.57 Å². The first kappa shape index (κ1) is 19.2. The summed E-state index contributed by atoms with van der Waals surface area (Å²) in [5.74, 6) is -0.641. The number of hydrogen-bond acceptors (Lipinski definition) is 7. The molecule has 8 nitrogen and oxygen atoms in total. The van der Waals surface area contributed by atoms with Crippen LogP contribution < -0.4 is 5.32 Å². The molecule has 10 heteroatoms. The summed E-state index contributed by atoms with van der Waals surface area (Å²) in [5.41, 5.74) is 0.566. The van der Waals surface area contributed by atoms with E-state index in [9.17, 15) is 18.5 Å². The van der Waals surface area contributed by atoms with Gasteiger partial charge in [0.25, 0.3) is 5.91 Å². The van der Waals surface area contributed by atoms with E-state index in [1.54, 1.807) is 17.5 Å². The fourth-order valence-corrected chi connectivity index (χ4v) is 4.69. The molecule has 0 bridgehead atoms. The molecular weight excluding hydrogens is 386 g/mol. The summed E-state index contributed by atoms with van der Waals surface area (Å²) >= 11 is 1.11. The van der Waals surface area contributed by atoms with Gasteiger partial charge >= 0.3 is 0 Å². The monoisotopic (exact) mass is 403 g/mol. The molecule has 0 unspecified atom stereocenters. The molecule has 2 heterocycles. The van der Waals surface area contributed by atoms with Crippen LogP contribution in [0.2, 0.25) is 0 Å². The molecule has 0 aliphatic carbocycles. The highest BCUT2D eigenvalue weighted by Gasteiger charge is 2.26. The fraction of sp³-hybridized carbons (Fsp3) is 0.294. The first-order chi connectivity index (χ1) is 13.0. The highest BCUT2D eigenvalue weighted by Crippen LogP contribution is 2.23. The van der Waals surface area contributed by atoms with Crippen molar-refractivity contribution < 1.29 is 13.2 Å². The zero-order chi connectivity index (χ0) is 19.3. The molecule has 0 saturated carbocycles. The topological polar surface area (TPSA) is 116 Å². The Morgan fingerprint density at radius 2 is 2.07 bits per heavy atom. The number of sulfonamides is 1. The number of amides is 1. The van der Waals surface area contributed by atoms with Crippen LogP contribution in [0.15, 0.2) is 40.1 Å². The number of aromatic nitrogens is 2. The maximum absolute atomic E-state index is 12.8. The molecule has 0 radical (unpaired) electrons. The highest BCUT2D eigenvalue weighted by atomic mass is 32.2. The molecule has 2 aromatic rings. The lowest BCUT2D eigenvalue weighted by atomic mass is 10.2. The lowest BCUT2D eigenvalue weighted by molar-refractivity contribution is -0.112. The molecule has 140 valence electrons. The summed E-state index contributed by atoms with van der Waals surface area (Å²) in [6.07, 6.45) is 4.04. The molecule has 1 aromatic carbocycles. The van der Waals surface area contributed by atoms with E-state index in [2.05, 4.69) is 14.9 Å². The Balaban J connectivity index is 1.79. The molecule has 1 aliphatic rings. The second kappa shape index (κ2) is 8.39. The SMILES string of the molecule is N#C/C(=C/c1csnn1)C(=O)Nc1cccc(S(=O)(=O)N2CCCCC2)c1. The lowest BCUT2D eigenvalue weighted by Gasteiger charge is -2.26. The maximum Gasteiger partial charge on any atom is 0.266 e. The standard InChI is InChI=1S/C17H17N5O3S2/c18-11-13(9-15-12-26-21-20-15)17(23)19-14-5-4-6-16(10-14)27(24,25)22-7-2-1-3-8-22/h4-6,9-10,12H,1-3,7-8H2,(H,19,23)/b13-9-. The van der Waals surface area contributed by atoms with Crippen molar-refractivity contribution >= 4 is 39.2 Å². The molecule has 1 amide bonds. The van der Waals surface area contributed by atoms with Crippen molar-refractivity contribution in [3.8, 4) is 6.07 Å². The average Bonchev–Trinajstić information content (AvgIpc) is 3.20. The van der Waals surface area contributed by atoms with Crippen molar-refractivity contribution in [2.75, 3.05) is 18.4 Å². The number of hydrogen-bond donors (Lipinski definition) is 1. The number of rotatable bonds is 5. The first-order valence-corrected chi connectivity index (χ1v) is 10.6. The van der Waals surface area contributed by atoms with Crippen molar-refractivity contribution in [2.45, 2.75) is 24.2 Å². The Bertz CT molecular complexity index is 988. The number of carbonyl (C=O) groups excluding carboxylic acids is 1. The molecule has 3 rings (SSSR count). The second-order valence-corrected chi connectivity index (χ2v) is 8.49. The van der Waals surface area contributed by atoms with Crippen LogP contribution in [0, 0.1) is 11.3 Å². The highest BCUT2D eigenvalue weighted by molar-refractivity contribution is 7.89. The van der Waals surface area contributed by atoms with Crippen molar-refractivity contribution in [1.29, 1.82) is 5.26 Å². The number of piperidine rings is 1. The van der Waals surface area contributed by atoms with E-state index in [0.717, 1.165) is 30.8 Å². The van der Waals surface area contributed by atoms with Gasteiger partial charge in [0.1, 0.15) is 11.6 Å². The minimum Gasteiger partial charge on any atom is -0.321 e. The van der Waals surface area contributed by atoms with Gasteiger partial charge in [-0.05, 0) is 48.6 Å². The number of benzene rings is 1. The normalized spacial score (nSPS) is 15.9. The van der Waals surface area contributed by atoms with E-state index in [1.165, 1.54) is 22.5 Å². The van der Waals surface area contributed by atoms with Gasteiger partial charge in [0.2, 0.25) is 10.0 Å². The van der Waals surface area contributed by atoms with Gasteiger partial charge in [0, 0.05) is 24.2 Å². The smallest absolute Gasteiger partial charge is 0.266 e. The van der Waals surface area contributed by atoms with Crippen LogP contribution in [0.3, 0.4) is 0 Å². The molecule has 1 fully saturated rings. The van der Waals surface area contributed by atoms with Gasteiger partial charge < -0.3 is 5.32 Å². The average molecular weight is 403 g/mol. The predicted octanol–water partition coefficient (Wildman–Crippen LogP) is 2.26. The summed E-state index contributed by atoms with van der Waals surface area (Å²) in [6, 6.07) is 7.86. The van der Waals surface area contributed by atoms with E-state index in [1.807, 2.05) is 6.07 Å². The van der Waals surface area contributed by atoms with Crippen LogP contribution in [0.1, 0.15) is 25.0 Å². The van der Waals surface area contributed by atoms with E-state index in [4.69, 9.17) is 0 Å². The van der Waals surface area contributed by atoms with Crippen LogP contribution >= 0.6 is 11.5 Å². The molecule has 27 heavy (non-hydrogen) atoms. The van der Waals surface area contributed by atoms with Crippen LogP contribution in [0.4, 0.5) is 5.69 Å². The van der Waals surface area contributed by atoms with E-state index >= 15 is 0 Å². The quantitative estimate of drug-likeness (QED) is 0.605. The predicted molar refractivity (Wildman–Crippen MR) is 101 cm³/mol. The molecule has 0 atom stereocenters. The largest absolute Gasteiger partial charge is 0.321 e. The lowest BCUT2D eigenvalue weighted by Crippen LogP contribution is -2.35. The fourth-order valence-electron chi connectivity index (χ4n) is 2.72. The van der Waals surface area contributed by atoms with Crippen LogP contribution in [0.5, 0.6) is 0 Å². The van der Waals surface area contributed by atoms with Crippen LogP contribution in [-0.4, -0.2) is 41.3 Å². The first-order valence-electron chi connectivity index (χ1n) is 8.31. The Morgan fingerprint density at radius 3 is 2.74 bits per heavy atom. The minimum absolute atomic E-state index is 0.119. The maximum atomic E-state index is 12.8. The molecule has 1 aliphatic heterocycles. The van der Waals surface area contributed by atoms with Crippen molar-refractivity contribution in [3.63, 3.8) is 0 Å². The van der Waals surface area contributed by atoms with Gasteiger partial charge in [0.15, 0.2) is 0 Å². The van der Waals surface area contributed by atoms with Crippen molar-refractivity contribution in [2.24, 2.45) is 0 Å². The summed E-state index contributed by atoms with van der Waals surface area (Å²) < 4.78 is 30.7. The third-order valence-electron chi connectivity index (χ3n) is 4.08. The van der Waals surface area contributed by atoms with Crippen LogP contribution in [-0.2, 0) is 14.8 Å². The molecule has 1 aromatic heterocycles. The van der Waals surface area contributed by atoms with Gasteiger partial charge in [-0.1, -0.05) is 17.0 Å². The van der Waals surface area contributed by atoms with E-state index < -0.39 is 15.9 Å². The summed E-state index contributed by atoms with van der Waals surface area (Å²) in [7, 11) is -3.60. The third-order valence-corrected chi connectivity index (χ3v) is 6.50. The van der Waals surface area contributed by atoms with E-state index in [-0.39, 0.29) is 10.5 Å². The van der Waals surface area contributed by atoms with Gasteiger partial charge in [-0.15, -0.1) is 5.10 Å². The number of anilines is 1. The summed E-state index contributed by atoms with van der Waals surface area (Å²) in [5, 5.41) is 17.1. The zero-order valence-electron chi connectivity index (χ0n) is 14.3. The Kier molecular flexibility index (Phi) is 5.95. The van der Waals surface area contributed by atoms with E-state index in [0.29, 0.717) is 24.5 Å². The number of nitrogens with one attached hydrogen (secondary N) is 1.